The number of hydrogen-bond donors (Lipinski definition) is 0. The third kappa shape index (κ3) is 14.8. The maximum absolute atomic E-state index is 2.39. The number of hydrogen-bond acceptors (Lipinski definition) is 0. The van der Waals surface area contributed by atoms with Gasteiger partial charge in [0.1, 0.15) is 0 Å². The molecule has 0 amide bonds. The monoisotopic (exact) mass is 300 g/mol. The van der Waals surface area contributed by atoms with Gasteiger partial charge in [-0.3, -0.25) is 0 Å². The predicted octanol–water partition coefficient (Wildman–Crippen LogP) is 6.46. The van der Waals surface area contributed by atoms with E-state index in [1.54, 1.807) is 0 Å². The van der Waals surface area contributed by atoms with E-state index >= 15 is 0 Å². The van der Waals surface area contributed by atoms with Gasteiger partial charge in [-0.1, -0.05) is 57.8 Å². The topological polar surface area (TPSA) is 0 Å². The molecule has 0 heterocycles. The van der Waals surface area contributed by atoms with Crippen molar-refractivity contribution in [2.75, 3.05) is 0 Å². The second-order valence-electron chi connectivity index (χ2n) is 5.78. The van der Waals surface area contributed by atoms with Crippen LogP contribution in [0.25, 0.3) is 0 Å². The zero-order chi connectivity index (χ0) is 12.7. The minimum absolute atomic E-state index is 0. The maximum Gasteiger partial charge on any atom is 0 e. The van der Waals surface area contributed by atoms with Crippen molar-refractivity contribution in [2.24, 2.45) is 0 Å². The minimum atomic E-state index is 0. The van der Waals surface area contributed by atoms with Crippen LogP contribution in [0.1, 0.15) is 96.3 Å². The first-order chi connectivity index (χ1) is 9.00. The Hall–Kier alpha value is 0.584. The maximum atomic E-state index is 2.39. The fraction of sp³-hybridized carbons (Fsp3) is 0.833. The third-order valence-electron chi connectivity index (χ3n) is 3.95. The van der Waals surface area contributed by atoms with Crippen LogP contribution in [0.2, 0.25) is 0 Å². The summed E-state index contributed by atoms with van der Waals surface area (Å²) in [6, 6.07) is 0. The van der Waals surface area contributed by atoms with E-state index in [1.165, 1.54) is 96.3 Å². The molecular formula is C18H33V-3. The first kappa shape index (κ1) is 19.6. The molecule has 0 N–H and O–H groups in total. The summed E-state index contributed by atoms with van der Waals surface area (Å²) in [4.78, 5) is 0. The summed E-state index contributed by atoms with van der Waals surface area (Å²) in [7, 11) is 0. The Morgan fingerprint density at radius 3 is 0.579 bits per heavy atom. The summed E-state index contributed by atoms with van der Waals surface area (Å²) >= 11 is 0. The summed E-state index contributed by atoms with van der Waals surface area (Å²) in [6.07, 6.45) is 28.5. The Bertz CT molecular complexity index is 80.7. The molecule has 0 spiro atoms. The average molecular weight is 300 g/mol. The minimum Gasteiger partial charge on any atom is -0.328 e. The standard InChI is InChI=1S/3C6H11.V/c3*1-2-4-6-5-3-1;/h3*1H,2-6H2;/q3*-1;. The predicted molar refractivity (Wildman–Crippen MR) is 82.2 cm³/mol. The second-order valence-corrected chi connectivity index (χ2v) is 5.78. The van der Waals surface area contributed by atoms with Crippen LogP contribution in [-0.2, 0) is 18.6 Å². The van der Waals surface area contributed by atoms with Gasteiger partial charge in [-0.05, 0) is 0 Å². The molecule has 113 valence electrons. The summed E-state index contributed by atoms with van der Waals surface area (Å²) in [6.45, 7) is 0. The average Bonchev–Trinajstić information content (AvgIpc) is 2.54. The fourth-order valence-electron chi connectivity index (χ4n) is 2.70. The van der Waals surface area contributed by atoms with E-state index in [0.717, 1.165) is 0 Å². The van der Waals surface area contributed by atoms with Gasteiger partial charge in [-0.15, -0.1) is 0 Å². The molecule has 0 atom stereocenters. The van der Waals surface area contributed by atoms with Crippen LogP contribution in [0, 0.1) is 19.3 Å². The van der Waals surface area contributed by atoms with E-state index in [2.05, 4.69) is 19.3 Å². The van der Waals surface area contributed by atoms with Crippen LogP contribution < -0.4 is 0 Å². The third-order valence-corrected chi connectivity index (χ3v) is 3.95. The smallest absolute Gasteiger partial charge is 0 e. The molecule has 1 radical (unpaired) electrons. The van der Waals surface area contributed by atoms with Crippen molar-refractivity contribution in [3.8, 4) is 0 Å². The van der Waals surface area contributed by atoms with Gasteiger partial charge in [-0.2, -0.15) is 38.5 Å². The van der Waals surface area contributed by atoms with E-state index in [9.17, 15) is 0 Å². The summed E-state index contributed by atoms with van der Waals surface area (Å²) < 4.78 is 0. The molecule has 0 aromatic heterocycles. The first-order valence-electron chi connectivity index (χ1n) is 8.45. The largest absolute Gasteiger partial charge is 0.328 e. The zero-order valence-electron chi connectivity index (χ0n) is 12.8. The molecule has 0 aromatic carbocycles. The molecular weight excluding hydrogens is 267 g/mol. The van der Waals surface area contributed by atoms with Crippen molar-refractivity contribution in [3.63, 3.8) is 0 Å². The van der Waals surface area contributed by atoms with Crippen LogP contribution in [0.5, 0.6) is 0 Å². The molecule has 3 rings (SSSR count). The van der Waals surface area contributed by atoms with Crippen LogP contribution in [0.4, 0.5) is 0 Å². The molecule has 0 aliphatic heterocycles. The fourth-order valence-corrected chi connectivity index (χ4v) is 2.70. The van der Waals surface area contributed by atoms with Crippen molar-refractivity contribution in [1.82, 2.24) is 0 Å². The van der Waals surface area contributed by atoms with Crippen molar-refractivity contribution in [1.29, 1.82) is 0 Å². The van der Waals surface area contributed by atoms with Crippen LogP contribution in [0.3, 0.4) is 0 Å². The molecule has 3 fully saturated rings. The van der Waals surface area contributed by atoms with Gasteiger partial charge in [0.15, 0.2) is 0 Å². The van der Waals surface area contributed by atoms with Crippen molar-refractivity contribution in [2.45, 2.75) is 96.3 Å². The first-order valence-corrected chi connectivity index (χ1v) is 8.45. The SMILES string of the molecule is [CH-]1CCCCC1.[CH-]1CCCCC1.[CH-]1CCCCC1.[V]. The second kappa shape index (κ2) is 16.6. The molecule has 0 aromatic rings. The van der Waals surface area contributed by atoms with Gasteiger partial charge in [0.25, 0.3) is 0 Å². The molecule has 0 bridgehead atoms. The van der Waals surface area contributed by atoms with Crippen LogP contribution in [-0.4, -0.2) is 0 Å². The molecule has 0 unspecified atom stereocenters. The Morgan fingerprint density at radius 2 is 0.526 bits per heavy atom. The molecule has 3 aliphatic carbocycles. The zero-order valence-corrected chi connectivity index (χ0v) is 14.2. The van der Waals surface area contributed by atoms with E-state index in [-0.39, 0.29) is 18.6 Å². The van der Waals surface area contributed by atoms with E-state index in [1.807, 2.05) is 0 Å². The van der Waals surface area contributed by atoms with Gasteiger partial charge in [0, 0.05) is 18.6 Å². The summed E-state index contributed by atoms with van der Waals surface area (Å²) in [5.74, 6) is 0. The number of rotatable bonds is 0. The molecule has 3 aliphatic rings. The van der Waals surface area contributed by atoms with Gasteiger partial charge in [-0.25, -0.2) is 0 Å². The van der Waals surface area contributed by atoms with Gasteiger partial charge in [0.2, 0.25) is 0 Å². The van der Waals surface area contributed by atoms with Crippen molar-refractivity contribution < 1.29 is 18.6 Å². The molecule has 1 heteroatoms. The van der Waals surface area contributed by atoms with Gasteiger partial charge < -0.3 is 19.3 Å². The van der Waals surface area contributed by atoms with E-state index < -0.39 is 0 Å². The molecule has 3 saturated carbocycles. The van der Waals surface area contributed by atoms with E-state index in [0.29, 0.717) is 0 Å². The van der Waals surface area contributed by atoms with E-state index in [4.69, 9.17) is 0 Å². The summed E-state index contributed by atoms with van der Waals surface area (Å²) in [5, 5.41) is 0. The van der Waals surface area contributed by atoms with Crippen LogP contribution >= 0.6 is 0 Å². The van der Waals surface area contributed by atoms with Crippen molar-refractivity contribution >= 4 is 0 Å². The summed E-state index contributed by atoms with van der Waals surface area (Å²) in [5.41, 5.74) is 0. The van der Waals surface area contributed by atoms with Crippen molar-refractivity contribution in [3.05, 3.63) is 19.3 Å². The Kier molecular flexibility index (Phi) is 17.1. The Balaban J connectivity index is 0.000000249. The van der Waals surface area contributed by atoms with Crippen LogP contribution in [0.15, 0.2) is 0 Å². The normalized spacial score (nSPS) is 22.7. The van der Waals surface area contributed by atoms with Gasteiger partial charge >= 0.3 is 0 Å². The quantitative estimate of drug-likeness (QED) is 0.450. The Morgan fingerprint density at radius 1 is 0.316 bits per heavy atom. The molecule has 0 nitrogen and oxygen atoms in total. The van der Waals surface area contributed by atoms with Gasteiger partial charge in [0.05, 0.1) is 0 Å². The Labute approximate surface area is 134 Å². The molecule has 19 heavy (non-hydrogen) atoms. The molecule has 0 saturated heterocycles.